The predicted octanol–water partition coefficient (Wildman–Crippen LogP) is 5.25. The highest BCUT2D eigenvalue weighted by Gasteiger charge is 2.38. The van der Waals surface area contributed by atoms with Crippen LogP contribution in [0.4, 0.5) is 42.6 Å². The summed E-state index contributed by atoms with van der Waals surface area (Å²) in [6, 6.07) is 5.30. The highest BCUT2D eigenvalue weighted by Crippen LogP contribution is 2.36. The third-order valence-corrected chi connectivity index (χ3v) is 5.07. The number of nitrogens with zero attached hydrogens (tertiary/aromatic N) is 3. The van der Waals surface area contributed by atoms with E-state index in [1.165, 1.54) is 22.1 Å². The topological polar surface area (TPSA) is 48.5 Å². The van der Waals surface area contributed by atoms with Crippen LogP contribution >= 0.6 is 0 Å². The normalized spacial score (nSPS) is 17.6. The summed E-state index contributed by atoms with van der Waals surface area (Å²) in [5, 5.41) is 2.55. The van der Waals surface area contributed by atoms with E-state index in [0.717, 1.165) is 30.3 Å². The summed E-state index contributed by atoms with van der Waals surface area (Å²) in [6.45, 7) is 2.22. The molecule has 1 aromatic carbocycles. The van der Waals surface area contributed by atoms with Crippen molar-refractivity contribution in [3.05, 3.63) is 53.7 Å². The van der Waals surface area contributed by atoms with E-state index in [1.54, 1.807) is 6.92 Å². The third kappa shape index (κ3) is 5.20. The number of alkyl halides is 6. The molecule has 0 spiro atoms. The smallest absolute Gasteiger partial charge is 0.352 e. The van der Waals surface area contributed by atoms with Crippen LogP contribution in [0.1, 0.15) is 24.5 Å². The van der Waals surface area contributed by atoms with Crippen LogP contribution in [-0.4, -0.2) is 41.6 Å². The van der Waals surface area contributed by atoms with Crippen molar-refractivity contribution in [2.24, 2.45) is 0 Å². The largest absolute Gasteiger partial charge is 0.419 e. The first-order chi connectivity index (χ1) is 14.5. The van der Waals surface area contributed by atoms with Crippen molar-refractivity contribution in [3.63, 3.8) is 0 Å². The second-order valence-corrected chi connectivity index (χ2v) is 7.08. The zero-order valence-corrected chi connectivity index (χ0v) is 16.5. The van der Waals surface area contributed by atoms with Gasteiger partial charge >= 0.3 is 18.4 Å². The van der Waals surface area contributed by atoms with E-state index >= 15 is 0 Å². The molecule has 1 saturated heterocycles. The maximum absolute atomic E-state index is 13.3. The van der Waals surface area contributed by atoms with E-state index < -0.39 is 35.6 Å². The molecule has 2 heterocycles. The second-order valence-electron chi connectivity index (χ2n) is 7.08. The molecule has 0 bridgehead atoms. The molecule has 5 nitrogen and oxygen atoms in total. The van der Waals surface area contributed by atoms with Gasteiger partial charge in [0.05, 0.1) is 17.2 Å². The molecule has 1 N–H and O–H groups in total. The number of nitrogens with one attached hydrogen (secondary N) is 1. The number of amides is 2. The summed E-state index contributed by atoms with van der Waals surface area (Å²) < 4.78 is 78.0. The molecular formula is C20H20F6N4O. The number of hydrogen-bond acceptors (Lipinski definition) is 3. The summed E-state index contributed by atoms with van der Waals surface area (Å²) in [5.41, 5.74) is -1.48. The Balaban J connectivity index is 1.71. The van der Waals surface area contributed by atoms with Gasteiger partial charge in [-0.1, -0.05) is 6.92 Å². The summed E-state index contributed by atoms with van der Waals surface area (Å²) in [6.07, 6.45) is -7.27. The Bertz CT molecular complexity index is 913. The number of anilines is 2. The monoisotopic (exact) mass is 446 g/mol. The molecule has 11 heteroatoms. The maximum Gasteiger partial charge on any atom is 0.419 e. The number of piperazine rings is 1. The van der Waals surface area contributed by atoms with Crippen molar-refractivity contribution in [1.29, 1.82) is 0 Å². The standard InChI is InChI=1S/C20H20F6N4O/c1-2-15-12-29(17-16(20(24,25)26)4-3-9-27-17)10-11-30(15)18(31)28-14-7-5-13(6-8-14)19(21,22)23/h3-9,15H,2,10-12H2,1H3,(H,28,31). The van der Waals surface area contributed by atoms with Crippen LogP contribution < -0.4 is 10.2 Å². The Morgan fingerprint density at radius 3 is 2.32 bits per heavy atom. The molecule has 168 valence electrons. The molecule has 1 aliphatic heterocycles. The lowest BCUT2D eigenvalue weighted by molar-refractivity contribution is -0.138. The maximum atomic E-state index is 13.3. The number of benzene rings is 1. The Kier molecular flexibility index (Phi) is 6.33. The molecule has 3 rings (SSSR count). The van der Waals surface area contributed by atoms with Crippen LogP contribution in [0.5, 0.6) is 0 Å². The minimum absolute atomic E-state index is 0.136. The van der Waals surface area contributed by atoms with Crippen LogP contribution in [-0.2, 0) is 12.4 Å². The fourth-order valence-electron chi connectivity index (χ4n) is 3.47. The zero-order valence-electron chi connectivity index (χ0n) is 16.5. The number of urea groups is 1. The molecule has 2 aromatic rings. The van der Waals surface area contributed by atoms with Crippen LogP contribution in [0, 0.1) is 0 Å². The molecule has 1 atom stereocenters. The van der Waals surface area contributed by atoms with Gasteiger partial charge in [0.2, 0.25) is 0 Å². The fourth-order valence-corrected chi connectivity index (χ4v) is 3.47. The first-order valence-electron chi connectivity index (χ1n) is 9.52. The average Bonchev–Trinajstić information content (AvgIpc) is 2.72. The summed E-state index contributed by atoms with van der Waals surface area (Å²) in [7, 11) is 0. The van der Waals surface area contributed by atoms with Crippen molar-refractivity contribution in [1.82, 2.24) is 9.88 Å². The van der Waals surface area contributed by atoms with Crippen LogP contribution in [0.2, 0.25) is 0 Å². The first-order valence-corrected chi connectivity index (χ1v) is 9.52. The van der Waals surface area contributed by atoms with Gasteiger partial charge in [0, 0.05) is 31.5 Å². The number of halogens is 6. The van der Waals surface area contributed by atoms with Crippen molar-refractivity contribution < 1.29 is 31.1 Å². The molecule has 0 saturated carbocycles. The SMILES string of the molecule is CCC1CN(c2ncccc2C(F)(F)F)CCN1C(=O)Nc1ccc(C(F)(F)F)cc1. The zero-order chi connectivity index (χ0) is 22.8. The Morgan fingerprint density at radius 2 is 1.74 bits per heavy atom. The minimum atomic E-state index is -4.55. The molecule has 0 radical (unpaired) electrons. The van der Waals surface area contributed by atoms with Gasteiger partial charge in [0.1, 0.15) is 5.82 Å². The van der Waals surface area contributed by atoms with E-state index in [1.807, 2.05) is 0 Å². The summed E-state index contributed by atoms with van der Waals surface area (Å²) in [4.78, 5) is 19.5. The Morgan fingerprint density at radius 1 is 1.06 bits per heavy atom. The van der Waals surface area contributed by atoms with Gasteiger partial charge in [0.15, 0.2) is 0 Å². The Labute approximate surface area is 174 Å². The van der Waals surface area contributed by atoms with Crippen LogP contribution in [0.15, 0.2) is 42.6 Å². The van der Waals surface area contributed by atoms with Gasteiger partial charge < -0.3 is 15.1 Å². The van der Waals surface area contributed by atoms with Crippen molar-refractivity contribution >= 4 is 17.5 Å². The highest BCUT2D eigenvalue weighted by atomic mass is 19.4. The van der Waals surface area contributed by atoms with Gasteiger partial charge in [-0.25, -0.2) is 9.78 Å². The Hall–Kier alpha value is -2.98. The van der Waals surface area contributed by atoms with Crippen LogP contribution in [0.3, 0.4) is 0 Å². The van der Waals surface area contributed by atoms with E-state index in [2.05, 4.69) is 10.3 Å². The summed E-state index contributed by atoms with van der Waals surface area (Å²) >= 11 is 0. The number of aromatic nitrogens is 1. The predicted molar refractivity (Wildman–Crippen MR) is 103 cm³/mol. The van der Waals surface area contributed by atoms with Gasteiger partial charge in [-0.15, -0.1) is 0 Å². The first kappa shape index (κ1) is 22.7. The van der Waals surface area contributed by atoms with Gasteiger partial charge in [-0.05, 0) is 42.8 Å². The molecular weight excluding hydrogens is 426 g/mol. The lowest BCUT2D eigenvalue weighted by Crippen LogP contribution is -2.56. The van der Waals surface area contributed by atoms with Gasteiger partial charge in [0.25, 0.3) is 0 Å². The van der Waals surface area contributed by atoms with E-state index in [0.29, 0.717) is 6.42 Å². The quantitative estimate of drug-likeness (QED) is 0.655. The molecule has 1 aromatic heterocycles. The fraction of sp³-hybridized carbons (Fsp3) is 0.400. The molecule has 1 fully saturated rings. The van der Waals surface area contributed by atoms with Gasteiger partial charge in [-0.3, -0.25) is 0 Å². The summed E-state index contributed by atoms with van der Waals surface area (Å²) in [5.74, 6) is -0.184. The van der Waals surface area contributed by atoms with Crippen molar-refractivity contribution in [2.45, 2.75) is 31.7 Å². The van der Waals surface area contributed by atoms with E-state index in [4.69, 9.17) is 0 Å². The molecule has 0 aliphatic carbocycles. The molecule has 1 unspecified atom stereocenters. The lowest BCUT2D eigenvalue weighted by Gasteiger charge is -2.42. The third-order valence-electron chi connectivity index (χ3n) is 5.07. The molecule has 1 aliphatic rings. The highest BCUT2D eigenvalue weighted by molar-refractivity contribution is 5.89. The second kappa shape index (κ2) is 8.64. The van der Waals surface area contributed by atoms with Crippen molar-refractivity contribution in [3.8, 4) is 0 Å². The van der Waals surface area contributed by atoms with Crippen molar-refractivity contribution in [2.75, 3.05) is 29.9 Å². The van der Waals surface area contributed by atoms with Gasteiger partial charge in [-0.2, -0.15) is 26.3 Å². The number of carbonyl (C=O) groups is 1. The average molecular weight is 446 g/mol. The molecule has 31 heavy (non-hydrogen) atoms. The lowest BCUT2D eigenvalue weighted by atomic mass is 10.1. The number of carbonyl (C=O) groups excluding carboxylic acids is 1. The number of pyridine rings is 1. The van der Waals surface area contributed by atoms with E-state index in [-0.39, 0.29) is 31.1 Å². The minimum Gasteiger partial charge on any atom is -0.352 e. The number of hydrogen-bond donors (Lipinski definition) is 1. The van der Waals surface area contributed by atoms with E-state index in [9.17, 15) is 31.1 Å². The number of rotatable bonds is 3. The molecule has 2 amide bonds. The van der Waals surface area contributed by atoms with Crippen LogP contribution in [0.25, 0.3) is 0 Å².